The molecule has 0 N–H and O–H groups in total. The Balaban J connectivity index is 1.18. The summed E-state index contributed by atoms with van der Waals surface area (Å²) in [4.78, 5) is 5.36. The van der Waals surface area contributed by atoms with Gasteiger partial charge in [0.25, 0.3) is 0 Å². The van der Waals surface area contributed by atoms with Gasteiger partial charge in [-0.05, 0) is 46.9 Å². The second-order valence-electron chi connectivity index (χ2n) is 8.26. The fourth-order valence-corrected chi connectivity index (χ4v) is 5.24. The van der Waals surface area contributed by atoms with Crippen LogP contribution in [0.2, 0.25) is 0 Å². The summed E-state index contributed by atoms with van der Waals surface area (Å²) < 4.78 is 0. The zero-order valence-corrected chi connectivity index (χ0v) is 15.0. The predicted molar refractivity (Wildman–Crippen MR) is 105 cm³/mol. The molecule has 5 rings (SSSR count). The maximum absolute atomic E-state index is 2.72. The Hall–Kier alpha value is -1.64. The second-order valence-corrected chi connectivity index (χ2v) is 8.26. The van der Waals surface area contributed by atoms with Gasteiger partial charge in [-0.1, -0.05) is 54.6 Å². The first-order chi connectivity index (χ1) is 12.3. The monoisotopic (exact) mass is 332 g/mol. The van der Waals surface area contributed by atoms with E-state index >= 15 is 0 Å². The normalized spacial score (nSPS) is 29.7. The molecule has 25 heavy (non-hydrogen) atoms. The Morgan fingerprint density at radius 1 is 0.800 bits per heavy atom. The third-order valence-electron chi connectivity index (χ3n) is 6.65. The Kier molecular flexibility index (Phi) is 4.11. The molecule has 0 aromatic heterocycles. The van der Waals surface area contributed by atoms with Crippen LogP contribution in [0.25, 0.3) is 10.8 Å². The van der Waals surface area contributed by atoms with Crippen molar-refractivity contribution < 1.29 is 0 Å². The van der Waals surface area contributed by atoms with Crippen LogP contribution < -0.4 is 0 Å². The molecule has 0 amide bonds. The van der Waals surface area contributed by atoms with E-state index in [9.17, 15) is 0 Å². The van der Waals surface area contributed by atoms with E-state index in [0.29, 0.717) is 0 Å². The first-order valence-corrected chi connectivity index (χ1v) is 9.95. The van der Waals surface area contributed by atoms with Gasteiger partial charge >= 0.3 is 0 Å². The summed E-state index contributed by atoms with van der Waals surface area (Å²) in [5.41, 5.74) is 1.48. The lowest BCUT2D eigenvalue weighted by atomic mass is 9.93. The summed E-state index contributed by atoms with van der Waals surface area (Å²) in [6.45, 7) is 7.31. The standard InChI is InChI=1S/C23H28N2/c1-2-7-23-19(4-1)5-3-6-21(23)16-24-10-12-25(13-11-24)17-22-15-18-8-9-20(22)14-18/h1-9,18,20,22H,10-17H2/t18-,20+,22-/m1/s1. The minimum absolute atomic E-state index is 0.888. The molecule has 2 heteroatoms. The fourth-order valence-electron chi connectivity index (χ4n) is 5.24. The number of rotatable bonds is 4. The van der Waals surface area contributed by atoms with Crippen molar-refractivity contribution in [3.05, 3.63) is 60.2 Å². The highest BCUT2D eigenvalue weighted by molar-refractivity contribution is 5.85. The van der Waals surface area contributed by atoms with Crippen LogP contribution in [0.3, 0.4) is 0 Å². The Labute approximate surface area is 151 Å². The van der Waals surface area contributed by atoms with Crippen molar-refractivity contribution in [2.75, 3.05) is 32.7 Å². The maximum Gasteiger partial charge on any atom is 0.0240 e. The average Bonchev–Trinajstić information content (AvgIpc) is 3.27. The van der Waals surface area contributed by atoms with E-state index in [4.69, 9.17) is 0 Å². The van der Waals surface area contributed by atoms with Crippen LogP contribution in [0.15, 0.2) is 54.6 Å². The molecule has 2 fully saturated rings. The Morgan fingerprint density at radius 3 is 2.40 bits per heavy atom. The first-order valence-electron chi connectivity index (χ1n) is 9.95. The predicted octanol–water partition coefficient (Wildman–Crippen LogP) is 4.17. The number of nitrogens with zero attached hydrogens (tertiary/aromatic N) is 2. The van der Waals surface area contributed by atoms with E-state index < -0.39 is 0 Å². The van der Waals surface area contributed by atoms with Gasteiger partial charge in [-0.2, -0.15) is 0 Å². The fraction of sp³-hybridized carbons (Fsp3) is 0.478. The summed E-state index contributed by atoms with van der Waals surface area (Å²) in [5.74, 6) is 2.72. The van der Waals surface area contributed by atoms with E-state index in [1.54, 1.807) is 0 Å². The van der Waals surface area contributed by atoms with Crippen molar-refractivity contribution in [2.24, 2.45) is 17.8 Å². The van der Waals surface area contributed by atoms with Crippen LogP contribution in [-0.4, -0.2) is 42.5 Å². The van der Waals surface area contributed by atoms with E-state index in [-0.39, 0.29) is 0 Å². The van der Waals surface area contributed by atoms with Crippen LogP contribution in [0.1, 0.15) is 18.4 Å². The Morgan fingerprint density at radius 2 is 1.60 bits per heavy atom. The summed E-state index contributed by atoms with van der Waals surface area (Å²) in [6, 6.07) is 15.5. The van der Waals surface area contributed by atoms with Gasteiger partial charge in [0.05, 0.1) is 0 Å². The molecule has 0 unspecified atom stereocenters. The number of hydrogen-bond donors (Lipinski definition) is 0. The third kappa shape index (κ3) is 3.14. The first kappa shape index (κ1) is 15.6. The number of allylic oxidation sites excluding steroid dienone is 2. The minimum atomic E-state index is 0.888. The molecule has 2 aromatic rings. The van der Waals surface area contributed by atoms with E-state index in [1.165, 1.54) is 61.9 Å². The summed E-state index contributed by atoms with van der Waals surface area (Å²) in [6.07, 6.45) is 7.84. The highest BCUT2D eigenvalue weighted by Crippen LogP contribution is 2.43. The lowest BCUT2D eigenvalue weighted by Gasteiger charge is -2.37. The highest BCUT2D eigenvalue weighted by atomic mass is 15.3. The van der Waals surface area contributed by atoms with Gasteiger partial charge < -0.3 is 4.90 Å². The largest absolute Gasteiger partial charge is 0.300 e. The molecule has 2 aliphatic carbocycles. The number of hydrogen-bond acceptors (Lipinski definition) is 2. The van der Waals surface area contributed by atoms with Crippen molar-refractivity contribution in [1.29, 1.82) is 0 Å². The van der Waals surface area contributed by atoms with Crippen LogP contribution in [0.5, 0.6) is 0 Å². The van der Waals surface area contributed by atoms with Gasteiger partial charge in [-0.15, -0.1) is 0 Å². The van der Waals surface area contributed by atoms with Crippen molar-refractivity contribution in [2.45, 2.75) is 19.4 Å². The molecule has 130 valence electrons. The van der Waals surface area contributed by atoms with Crippen molar-refractivity contribution in [3.8, 4) is 0 Å². The summed E-state index contributed by atoms with van der Waals surface area (Å²) in [5, 5.41) is 2.78. The molecule has 3 aliphatic rings. The smallest absolute Gasteiger partial charge is 0.0240 e. The topological polar surface area (TPSA) is 6.48 Å². The van der Waals surface area contributed by atoms with Crippen LogP contribution in [-0.2, 0) is 6.54 Å². The van der Waals surface area contributed by atoms with Gasteiger partial charge in [-0.3, -0.25) is 4.90 Å². The molecule has 2 bridgehead atoms. The van der Waals surface area contributed by atoms with Gasteiger partial charge in [0.1, 0.15) is 0 Å². The summed E-state index contributed by atoms with van der Waals surface area (Å²) >= 11 is 0. The highest BCUT2D eigenvalue weighted by Gasteiger charge is 2.36. The zero-order chi connectivity index (χ0) is 16.6. The maximum atomic E-state index is 2.72. The number of benzene rings is 2. The molecular weight excluding hydrogens is 304 g/mol. The molecule has 1 aliphatic heterocycles. The molecule has 2 aromatic carbocycles. The molecule has 1 heterocycles. The molecule has 2 nitrogen and oxygen atoms in total. The van der Waals surface area contributed by atoms with Crippen molar-refractivity contribution in [3.63, 3.8) is 0 Å². The zero-order valence-electron chi connectivity index (χ0n) is 15.0. The van der Waals surface area contributed by atoms with Gasteiger partial charge in [0.2, 0.25) is 0 Å². The number of piperazine rings is 1. The minimum Gasteiger partial charge on any atom is -0.300 e. The molecule has 0 spiro atoms. The molecule has 3 atom stereocenters. The molecule has 1 saturated heterocycles. The third-order valence-corrected chi connectivity index (χ3v) is 6.65. The van der Waals surface area contributed by atoms with Crippen LogP contribution >= 0.6 is 0 Å². The lowest BCUT2D eigenvalue weighted by molar-refractivity contribution is 0.109. The lowest BCUT2D eigenvalue weighted by Crippen LogP contribution is -2.47. The van der Waals surface area contributed by atoms with E-state index in [0.717, 1.165) is 24.3 Å². The SMILES string of the molecule is C1=C[C@H]2C[C@@H]1C[C@@H]2CN1CCN(Cc2cccc3ccccc23)CC1. The number of fused-ring (bicyclic) bond motifs is 3. The quantitative estimate of drug-likeness (QED) is 0.775. The molecule has 1 saturated carbocycles. The van der Waals surface area contributed by atoms with Crippen molar-refractivity contribution in [1.82, 2.24) is 9.80 Å². The van der Waals surface area contributed by atoms with Crippen LogP contribution in [0, 0.1) is 17.8 Å². The van der Waals surface area contributed by atoms with Crippen LogP contribution in [0.4, 0.5) is 0 Å². The van der Waals surface area contributed by atoms with Gasteiger partial charge in [0.15, 0.2) is 0 Å². The van der Waals surface area contributed by atoms with Gasteiger partial charge in [0, 0.05) is 39.3 Å². The average molecular weight is 332 g/mol. The molecule has 0 radical (unpaired) electrons. The second kappa shape index (κ2) is 6.59. The van der Waals surface area contributed by atoms with Gasteiger partial charge in [-0.25, -0.2) is 0 Å². The summed E-state index contributed by atoms with van der Waals surface area (Å²) in [7, 11) is 0. The van der Waals surface area contributed by atoms with Crippen molar-refractivity contribution >= 4 is 10.8 Å². The molecular formula is C23H28N2. The van der Waals surface area contributed by atoms with E-state index in [1.807, 2.05) is 0 Å². The van der Waals surface area contributed by atoms with E-state index in [2.05, 4.69) is 64.4 Å². The Bertz CT molecular complexity index is 767.